The Morgan fingerprint density at radius 1 is 1.24 bits per heavy atom. The largest absolute Gasteiger partial charge is 0.398 e. The summed E-state index contributed by atoms with van der Waals surface area (Å²) >= 11 is 0. The molecule has 0 atom stereocenters. The zero-order valence-corrected chi connectivity index (χ0v) is 12.9. The molecule has 5 heteroatoms. The number of piperidine rings is 1. The predicted octanol–water partition coefficient (Wildman–Crippen LogP) is 1.52. The summed E-state index contributed by atoms with van der Waals surface area (Å²) in [5.41, 5.74) is 8.00. The lowest BCUT2D eigenvalue weighted by atomic mass is 9.95. The first-order valence-corrected chi connectivity index (χ1v) is 7.26. The van der Waals surface area contributed by atoms with Crippen LogP contribution in [0.15, 0.2) is 18.2 Å². The van der Waals surface area contributed by atoms with E-state index in [1.807, 2.05) is 19.1 Å². The molecule has 5 nitrogen and oxygen atoms in total. The summed E-state index contributed by atoms with van der Waals surface area (Å²) in [5.74, 6) is 0.142. The van der Waals surface area contributed by atoms with Gasteiger partial charge in [-0.3, -0.25) is 9.59 Å². The lowest BCUT2D eigenvalue weighted by Crippen LogP contribution is -2.42. The van der Waals surface area contributed by atoms with Crippen LogP contribution in [0.1, 0.15) is 28.8 Å². The van der Waals surface area contributed by atoms with Crippen LogP contribution in [0.25, 0.3) is 0 Å². The highest BCUT2D eigenvalue weighted by Crippen LogP contribution is 2.22. The van der Waals surface area contributed by atoms with Crippen LogP contribution in [0.4, 0.5) is 5.69 Å². The fourth-order valence-electron chi connectivity index (χ4n) is 2.72. The van der Waals surface area contributed by atoms with Crippen LogP contribution in [0.5, 0.6) is 0 Å². The van der Waals surface area contributed by atoms with Gasteiger partial charge in [-0.2, -0.15) is 0 Å². The number of aryl methyl sites for hydroxylation is 1. The number of hydrogen-bond donors (Lipinski definition) is 1. The first kappa shape index (κ1) is 15.4. The third kappa shape index (κ3) is 3.35. The molecule has 2 rings (SSSR count). The molecule has 0 aliphatic carbocycles. The summed E-state index contributed by atoms with van der Waals surface area (Å²) in [5, 5.41) is 0. The first-order valence-electron chi connectivity index (χ1n) is 7.26. The molecule has 1 aliphatic heterocycles. The van der Waals surface area contributed by atoms with Crippen molar-refractivity contribution in [1.82, 2.24) is 9.80 Å². The van der Waals surface area contributed by atoms with E-state index in [2.05, 4.69) is 0 Å². The predicted molar refractivity (Wildman–Crippen MR) is 82.9 cm³/mol. The lowest BCUT2D eigenvalue weighted by Gasteiger charge is -2.32. The maximum Gasteiger partial charge on any atom is 0.255 e. The van der Waals surface area contributed by atoms with Crippen LogP contribution in [-0.2, 0) is 4.79 Å². The van der Waals surface area contributed by atoms with E-state index in [1.165, 1.54) is 0 Å². The molecule has 0 aromatic heterocycles. The number of carbonyl (C=O) groups is 2. The van der Waals surface area contributed by atoms with Crippen molar-refractivity contribution < 1.29 is 9.59 Å². The number of hydrogen-bond acceptors (Lipinski definition) is 3. The summed E-state index contributed by atoms with van der Waals surface area (Å²) in [4.78, 5) is 27.9. The number of nitrogens with two attached hydrogens (primary N) is 1. The topological polar surface area (TPSA) is 66.6 Å². The molecule has 21 heavy (non-hydrogen) atoms. The van der Waals surface area contributed by atoms with Crippen molar-refractivity contribution in [2.24, 2.45) is 5.92 Å². The monoisotopic (exact) mass is 289 g/mol. The fourth-order valence-corrected chi connectivity index (χ4v) is 2.72. The smallest absolute Gasteiger partial charge is 0.255 e. The molecule has 0 bridgehead atoms. The quantitative estimate of drug-likeness (QED) is 0.839. The average Bonchev–Trinajstić information content (AvgIpc) is 2.48. The van der Waals surface area contributed by atoms with Gasteiger partial charge in [0, 0.05) is 38.8 Å². The maximum atomic E-state index is 12.5. The molecule has 1 aromatic carbocycles. The molecule has 0 spiro atoms. The normalized spacial score (nSPS) is 15.9. The van der Waals surface area contributed by atoms with Crippen molar-refractivity contribution in [2.75, 3.05) is 32.9 Å². The molecule has 2 amide bonds. The molecule has 1 aromatic rings. The van der Waals surface area contributed by atoms with Crippen LogP contribution in [0.2, 0.25) is 0 Å². The molecule has 1 heterocycles. The number of carbonyl (C=O) groups excluding carboxylic acids is 2. The highest BCUT2D eigenvalue weighted by atomic mass is 16.2. The van der Waals surface area contributed by atoms with Gasteiger partial charge in [0.25, 0.3) is 5.91 Å². The van der Waals surface area contributed by atoms with E-state index in [9.17, 15) is 9.59 Å². The average molecular weight is 289 g/mol. The van der Waals surface area contributed by atoms with Crippen molar-refractivity contribution in [2.45, 2.75) is 19.8 Å². The molecular formula is C16H23N3O2. The Morgan fingerprint density at radius 3 is 2.43 bits per heavy atom. The van der Waals surface area contributed by atoms with Gasteiger partial charge >= 0.3 is 0 Å². The number of anilines is 1. The van der Waals surface area contributed by atoms with Gasteiger partial charge in [-0.05, 0) is 31.9 Å². The zero-order chi connectivity index (χ0) is 15.6. The molecule has 2 N–H and O–H groups in total. The van der Waals surface area contributed by atoms with Crippen molar-refractivity contribution >= 4 is 17.5 Å². The number of nitrogen functional groups attached to an aromatic ring is 1. The van der Waals surface area contributed by atoms with Crippen molar-refractivity contribution in [3.63, 3.8) is 0 Å². The van der Waals surface area contributed by atoms with Crippen LogP contribution < -0.4 is 5.73 Å². The minimum absolute atomic E-state index is 0.0268. The second-order valence-electron chi connectivity index (χ2n) is 5.89. The molecular weight excluding hydrogens is 266 g/mol. The van der Waals surface area contributed by atoms with E-state index in [4.69, 9.17) is 5.73 Å². The van der Waals surface area contributed by atoms with E-state index in [-0.39, 0.29) is 17.7 Å². The Kier molecular flexibility index (Phi) is 4.50. The second-order valence-corrected chi connectivity index (χ2v) is 5.89. The molecule has 0 unspecified atom stereocenters. The Bertz CT molecular complexity index is 546. The SMILES string of the molecule is Cc1ccc(N)c(C(=O)N2CCC(C(=O)N(C)C)CC2)c1. The first-order chi connectivity index (χ1) is 9.90. The van der Waals surface area contributed by atoms with Gasteiger partial charge in [0.2, 0.25) is 5.91 Å². The number of nitrogens with zero attached hydrogens (tertiary/aromatic N) is 2. The van der Waals surface area contributed by atoms with E-state index < -0.39 is 0 Å². The lowest BCUT2D eigenvalue weighted by molar-refractivity contribution is -0.134. The highest BCUT2D eigenvalue weighted by Gasteiger charge is 2.29. The van der Waals surface area contributed by atoms with Gasteiger partial charge in [-0.1, -0.05) is 11.6 Å². The fraction of sp³-hybridized carbons (Fsp3) is 0.500. The molecule has 114 valence electrons. The van der Waals surface area contributed by atoms with Crippen LogP contribution in [0.3, 0.4) is 0 Å². The maximum absolute atomic E-state index is 12.5. The van der Waals surface area contributed by atoms with Gasteiger partial charge in [-0.15, -0.1) is 0 Å². The Labute approximate surface area is 125 Å². The van der Waals surface area contributed by atoms with E-state index in [0.717, 1.165) is 5.56 Å². The Balaban J connectivity index is 2.03. The Morgan fingerprint density at radius 2 is 1.86 bits per heavy atom. The third-order valence-electron chi connectivity index (χ3n) is 4.01. The minimum atomic E-state index is -0.0352. The van der Waals surface area contributed by atoms with Gasteiger partial charge in [0.15, 0.2) is 0 Å². The summed E-state index contributed by atoms with van der Waals surface area (Å²) in [6, 6.07) is 5.49. The van der Waals surface area contributed by atoms with E-state index in [0.29, 0.717) is 37.2 Å². The van der Waals surface area contributed by atoms with Crippen molar-refractivity contribution in [3.05, 3.63) is 29.3 Å². The summed E-state index contributed by atoms with van der Waals surface area (Å²) in [7, 11) is 3.54. The molecule has 1 saturated heterocycles. The van der Waals surface area contributed by atoms with Crippen LogP contribution in [0, 0.1) is 12.8 Å². The molecule has 1 fully saturated rings. The van der Waals surface area contributed by atoms with Crippen LogP contribution >= 0.6 is 0 Å². The van der Waals surface area contributed by atoms with E-state index >= 15 is 0 Å². The zero-order valence-electron chi connectivity index (χ0n) is 12.9. The summed E-state index contributed by atoms with van der Waals surface area (Å²) < 4.78 is 0. The van der Waals surface area contributed by atoms with Crippen LogP contribution in [-0.4, -0.2) is 48.8 Å². The summed E-state index contributed by atoms with van der Waals surface area (Å²) in [6.45, 7) is 3.16. The molecule has 0 saturated carbocycles. The van der Waals surface area contributed by atoms with Crippen molar-refractivity contribution in [3.8, 4) is 0 Å². The second kappa shape index (κ2) is 6.16. The highest BCUT2D eigenvalue weighted by molar-refractivity contribution is 5.99. The van der Waals surface area contributed by atoms with Gasteiger partial charge in [0.1, 0.15) is 0 Å². The Hall–Kier alpha value is -2.04. The number of benzene rings is 1. The number of rotatable bonds is 2. The van der Waals surface area contributed by atoms with Crippen molar-refractivity contribution in [1.29, 1.82) is 0 Å². The third-order valence-corrected chi connectivity index (χ3v) is 4.01. The van der Waals surface area contributed by atoms with Gasteiger partial charge in [0.05, 0.1) is 5.56 Å². The molecule has 0 radical (unpaired) electrons. The number of amides is 2. The summed E-state index contributed by atoms with van der Waals surface area (Å²) in [6.07, 6.45) is 1.43. The number of likely N-dealkylation sites (tertiary alicyclic amines) is 1. The molecule has 1 aliphatic rings. The van der Waals surface area contributed by atoms with E-state index in [1.54, 1.807) is 30.0 Å². The standard InChI is InChI=1S/C16H23N3O2/c1-11-4-5-14(17)13(10-11)16(21)19-8-6-12(7-9-19)15(20)18(2)3/h4-5,10,12H,6-9,17H2,1-3H3. The van der Waals surface area contributed by atoms with Gasteiger partial charge in [-0.25, -0.2) is 0 Å². The minimum Gasteiger partial charge on any atom is -0.398 e. The van der Waals surface area contributed by atoms with Gasteiger partial charge < -0.3 is 15.5 Å².